The number of nitrogens with zero attached hydrogens (tertiary/aromatic N) is 4. The van der Waals surface area contributed by atoms with Gasteiger partial charge in [0.05, 0.1) is 10.7 Å². The van der Waals surface area contributed by atoms with Gasteiger partial charge < -0.3 is 19.4 Å². The van der Waals surface area contributed by atoms with E-state index in [-0.39, 0.29) is 11.8 Å². The summed E-state index contributed by atoms with van der Waals surface area (Å²) in [7, 11) is 0. The number of aryl methyl sites for hydroxylation is 1. The number of ether oxygens (including phenoxy) is 1. The second-order valence-electron chi connectivity index (χ2n) is 8.93. The quantitative estimate of drug-likeness (QED) is 0.620. The smallest absolute Gasteiger partial charge is 0.253 e. The van der Waals surface area contributed by atoms with Crippen LogP contribution in [0.3, 0.4) is 0 Å². The van der Waals surface area contributed by atoms with Crippen LogP contribution in [0, 0.1) is 12.8 Å². The SMILES string of the molecule is CCN1CCN(C(=O)CC2CCN(C(=O)c3cccc(OCc4csc(C)n4)c3)CC2)CC1. The maximum absolute atomic E-state index is 13.0. The van der Waals surface area contributed by atoms with E-state index in [9.17, 15) is 9.59 Å². The maximum Gasteiger partial charge on any atom is 0.253 e. The second-order valence-corrected chi connectivity index (χ2v) is 9.99. The molecule has 2 aliphatic heterocycles. The first-order chi connectivity index (χ1) is 16.0. The standard InChI is InChI=1S/C25H34N4O3S/c1-3-27-11-13-28(14-12-27)24(30)15-20-7-9-29(10-8-20)25(31)21-5-4-6-23(16-21)32-17-22-18-33-19(2)26-22/h4-6,16,18,20H,3,7-15,17H2,1-2H3. The minimum atomic E-state index is 0.0328. The summed E-state index contributed by atoms with van der Waals surface area (Å²) < 4.78 is 5.84. The van der Waals surface area contributed by atoms with Gasteiger partial charge in [0.25, 0.3) is 5.91 Å². The lowest BCUT2D eigenvalue weighted by molar-refractivity contribution is -0.134. The summed E-state index contributed by atoms with van der Waals surface area (Å²) in [6.45, 7) is 10.6. The Kier molecular flexibility index (Phi) is 7.98. The first-order valence-corrected chi connectivity index (χ1v) is 12.8. The van der Waals surface area contributed by atoms with E-state index in [2.05, 4.69) is 16.8 Å². The molecule has 0 unspecified atom stereocenters. The average Bonchev–Trinajstić information content (AvgIpc) is 3.28. The molecule has 0 radical (unpaired) electrons. The van der Waals surface area contributed by atoms with Gasteiger partial charge in [-0.2, -0.15) is 0 Å². The Bertz CT molecular complexity index is 947. The number of carbonyl (C=O) groups is 2. The molecule has 3 heterocycles. The molecule has 178 valence electrons. The van der Waals surface area contributed by atoms with Crippen LogP contribution < -0.4 is 4.74 Å². The van der Waals surface area contributed by atoms with Gasteiger partial charge in [0.2, 0.25) is 5.91 Å². The summed E-state index contributed by atoms with van der Waals surface area (Å²) in [4.78, 5) is 36.5. The van der Waals surface area contributed by atoms with E-state index in [1.165, 1.54) is 0 Å². The molecular formula is C25H34N4O3S. The topological polar surface area (TPSA) is 66.0 Å². The molecule has 4 rings (SSSR count). The van der Waals surface area contributed by atoms with Crippen molar-refractivity contribution in [3.8, 4) is 5.75 Å². The summed E-state index contributed by atoms with van der Waals surface area (Å²) in [6, 6.07) is 7.38. The molecule has 0 atom stereocenters. The van der Waals surface area contributed by atoms with E-state index < -0.39 is 0 Å². The van der Waals surface area contributed by atoms with Crippen LogP contribution in [-0.2, 0) is 11.4 Å². The van der Waals surface area contributed by atoms with Gasteiger partial charge in [-0.25, -0.2) is 4.98 Å². The molecule has 2 saturated heterocycles. The highest BCUT2D eigenvalue weighted by molar-refractivity contribution is 7.09. The Hall–Kier alpha value is -2.45. The van der Waals surface area contributed by atoms with E-state index in [0.29, 0.717) is 43.3 Å². The second kappa shape index (κ2) is 11.1. The number of thiazole rings is 1. The lowest BCUT2D eigenvalue weighted by atomic mass is 9.92. The Morgan fingerprint density at radius 2 is 1.85 bits per heavy atom. The first kappa shape index (κ1) is 23.7. The highest BCUT2D eigenvalue weighted by atomic mass is 32.1. The zero-order chi connectivity index (χ0) is 23.2. The first-order valence-electron chi connectivity index (χ1n) is 11.9. The monoisotopic (exact) mass is 470 g/mol. The van der Waals surface area contributed by atoms with Crippen LogP contribution in [0.2, 0.25) is 0 Å². The normalized spacial score (nSPS) is 17.9. The Labute approximate surface area is 200 Å². The predicted octanol–water partition coefficient (Wildman–Crippen LogP) is 3.44. The lowest BCUT2D eigenvalue weighted by Crippen LogP contribution is -2.49. The molecule has 2 fully saturated rings. The van der Waals surface area contributed by atoms with E-state index in [0.717, 1.165) is 56.3 Å². The molecular weight excluding hydrogens is 436 g/mol. The largest absolute Gasteiger partial charge is 0.487 e. The Morgan fingerprint density at radius 1 is 1.09 bits per heavy atom. The molecule has 7 nitrogen and oxygen atoms in total. The lowest BCUT2D eigenvalue weighted by Gasteiger charge is -2.36. The fraction of sp³-hybridized carbons (Fsp3) is 0.560. The number of likely N-dealkylation sites (N-methyl/N-ethyl adjacent to an activating group) is 1. The van der Waals surface area contributed by atoms with Crippen LogP contribution >= 0.6 is 11.3 Å². The van der Waals surface area contributed by atoms with Gasteiger partial charge in [-0.3, -0.25) is 9.59 Å². The van der Waals surface area contributed by atoms with Crippen molar-refractivity contribution in [2.75, 3.05) is 45.8 Å². The van der Waals surface area contributed by atoms with Crippen molar-refractivity contribution < 1.29 is 14.3 Å². The van der Waals surface area contributed by atoms with Crippen molar-refractivity contribution in [1.29, 1.82) is 0 Å². The fourth-order valence-corrected chi connectivity index (χ4v) is 5.16. The van der Waals surface area contributed by atoms with E-state index in [4.69, 9.17) is 4.74 Å². The molecule has 8 heteroatoms. The van der Waals surface area contributed by atoms with Gasteiger partial charge in [0.15, 0.2) is 0 Å². The third-order valence-electron chi connectivity index (χ3n) is 6.67. The molecule has 0 bridgehead atoms. The van der Waals surface area contributed by atoms with Crippen LogP contribution in [0.25, 0.3) is 0 Å². The molecule has 1 aromatic heterocycles. The summed E-state index contributed by atoms with van der Waals surface area (Å²) >= 11 is 1.60. The molecule has 0 aliphatic carbocycles. The average molecular weight is 471 g/mol. The molecule has 0 N–H and O–H groups in total. The highest BCUT2D eigenvalue weighted by Crippen LogP contribution is 2.24. The van der Waals surface area contributed by atoms with Crippen molar-refractivity contribution in [3.05, 3.63) is 45.9 Å². The zero-order valence-corrected chi connectivity index (χ0v) is 20.5. The van der Waals surface area contributed by atoms with Gasteiger partial charge in [-0.05, 0) is 50.4 Å². The van der Waals surface area contributed by atoms with Gasteiger partial charge >= 0.3 is 0 Å². The number of hydrogen-bond acceptors (Lipinski definition) is 6. The molecule has 2 aromatic rings. The number of carbonyl (C=O) groups excluding carboxylic acids is 2. The van der Waals surface area contributed by atoms with Crippen molar-refractivity contribution in [1.82, 2.24) is 19.7 Å². The number of hydrogen-bond donors (Lipinski definition) is 0. The van der Waals surface area contributed by atoms with Crippen LogP contribution in [0.5, 0.6) is 5.75 Å². The van der Waals surface area contributed by atoms with E-state index in [1.807, 2.05) is 46.4 Å². The van der Waals surface area contributed by atoms with Crippen LogP contribution in [0.15, 0.2) is 29.6 Å². The number of piperidine rings is 1. The number of likely N-dealkylation sites (tertiary alicyclic amines) is 1. The van der Waals surface area contributed by atoms with Gasteiger partial charge in [-0.15, -0.1) is 11.3 Å². The summed E-state index contributed by atoms with van der Waals surface area (Å²) in [6.07, 6.45) is 2.37. The van der Waals surface area contributed by atoms with Crippen molar-refractivity contribution in [2.45, 2.75) is 39.7 Å². The number of benzene rings is 1. The third-order valence-corrected chi connectivity index (χ3v) is 7.49. The van der Waals surface area contributed by atoms with Crippen molar-refractivity contribution >= 4 is 23.2 Å². The minimum absolute atomic E-state index is 0.0328. The predicted molar refractivity (Wildman–Crippen MR) is 130 cm³/mol. The molecule has 0 spiro atoms. The minimum Gasteiger partial charge on any atom is -0.487 e. The third kappa shape index (κ3) is 6.32. The van der Waals surface area contributed by atoms with Gasteiger partial charge in [-0.1, -0.05) is 13.0 Å². The van der Waals surface area contributed by atoms with Crippen LogP contribution in [0.4, 0.5) is 0 Å². The molecule has 2 amide bonds. The molecule has 33 heavy (non-hydrogen) atoms. The van der Waals surface area contributed by atoms with Gasteiger partial charge in [0.1, 0.15) is 12.4 Å². The Balaban J connectivity index is 1.24. The highest BCUT2D eigenvalue weighted by Gasteiger charge is 2.28. The number of aromatic nitrogens is 1. The van der Waals surface area contributed by atoms with Crippen molar-refractivity contribution in [2.24, 2.45) is 5.92 Å². The summed E-state index contributed by atoms with van der Waals surface area (Å²) in [5.74, 6) is 1.35. The fourth-order valence-electron chi connectivity index (χ4n) is 4.56. The van der Waals surface area contributed by atoms with Gasteiger partial charge in [0, 0.05) is 56.6 Å². The summed E-state index contributed by atoms with van der Waals surface area (Å²) in [5, 5.41) is 3.01. The van der Waals surface area contributed by atoms with E-state index >= 15 is 0 Å². The summed E-state index contributed by atoms with van der Waals surface area (Å²) in [5.41, 5.74) is 1.54. The molecule has 0 saturated carbocycles. The van der Waals surface area contributed by atoms with Crippen LogP contribution in [-0.4, -0.2) is 77.3 Å². The molecule has 1 aromatic carbocycles. The number of amides is 2. The van der Waals surface area contributed by atoms with Crippen LogP contribution in [0.1, 0.15) is 47.2 Å². The maximum atomic E-state index is 13.0. The number of rotatable bonds is 7. The zero-order valence-electron chi connectivity index (χ0n) is 19.7. The Morgan fingerprint density at radius 3 is 2.52 bits per heavy atom. The molecule has 2 aliphatic rings. The number of piperazine rings is 1. The van der Waals surface area contributed by atoms with Crippen molar-refractivity contribution in [3.63, 3.8) is 0 Å². The van der Waals surface area contributed by atoms with E-state index in [1.54, 1.807) is 11.3 Å².